The number of benzene rings is 1. The number of ketones is 1. The lowest BCUT2D eigenvalue weighted by molar-refractivity contribution is -0.123. The van der Waals surface area contributed by atoms with Crippen molar-refractivity contribution in [1.29, 1.82) is 0 Å². The monoisotopic (exact) mass is 420 g/mol. The molecule has 162 valence electrons. The Morgan fingerprint density at radius 2 is 1.66 bits per heavy atom. The Balaban J connectivity index is 1.56. The molecule has 2 aliphatic carbocycles. The van der Waals surface area contributed by atoms with Gasteiger partial charge >= 0.3 is 0 Å². The molecule has 29 heavy (non-hydrogen) atoms. The number of sulfone groups is 1. The topological polar surface area (TPSA) is 60.4 Å². The highest BCUT2D eigenvalue weighted by Crippen LogP contribution is 2.34. The maximum absolute atomic E-state index is 12.9. The first-order valence-electron chi connectivity index (χ1n) is 11.1. The average molecular weight is 421 g/mol. The van der Waals surface area contributed by atoms with Gasteiger partial charge in [0.2, 0.25) is 0 Å². The standard InChI is InChI=1S/C24H36O4S/c1-16(2)29(26,27)15-20-8-11-21(12-9-20)23(25)13-22-10-5-17(3)24(18(22)4)28-14-19-6-7-19/h5,10,16,19-21H,6-9,11-15H2,1-4H3. The van der Waals surface area contributed by atoms with Crippen LogP contribution in [-0.4, -0.2) is 31.8 Å². The summed E-state index contributed by atoms with van der Waals surface area (Å²) in [4.78, 5) is 12.9. The zero-order valence-corrected chi connectivity index (χ0v) is 19.2. The summed E-state index contributed by atoms with van der Waals surface area (Å²) in [5.74, 6) is 2.47. The average Bonchev–Trinajstić information content (AvgIpc) is 3.48. The van der Waals surface area contributed by atoms with Crippen molar-refractivity contribution >= 4 is 15.6 Å². The number of hydrogen-bond acceptors (Lipinski definition) is 4. The molecule has 0 amide bonds. The number of rotatable bonds is 9. The minimum atomic E-state index is -3.00. The molecule has 0 spiro atoms. The predicted octanol–water partition coefficient (Wildman–Crippen LogP) is 4.83. The Hall–Kier alpha value is -1.36. The molecule has 2 saturated carbocycles. The Kier molecular flexibility index (Phi) is 7.08. The molecule has 2 fully saturated rings. The zero-order chi connectivity index (χ0) is 21.2. The van der Waals surface area contributed by atoms with Gasteiger partial charge in [0.05, 0.1) is 17.6 Å². The lowest BCUT2D eigenvalue weighted by atomic mass is 9.79. The lowest BCUT2D eigenvalue weighted by Crippen LogP contribution is -2.29. The SMILES string of the molecule is Cc1ccc(CC(=O)C2CCC(CS(=O)(=O)C(C)C)CC2)c(C)c1OCC1CC1. The number of Topliss-reactive ketones (excluding diaryl/α,β-unsaturated/α-hetero) is 1. The summed E-state index contributed by atoms with van der Waals surface area (Å²) in [6.45, 7) is 8.40. The minimum absolute atomic E-state index is 0.0598. The fraction of sp³-hybridized carbons (Fsp3) is 0.708. The molecular weight excluding hydrogens is 384 g/mol. The van der Waals surface area contributed by atoms with Crippen LogP contribution in [0.5, 0.6) is 5.75 Å². The highest BCUT2D eigenvalue weighted by molar-refractivity contribution is 7.91. The van der Waals surface area contributed by atoms with Crippen molar-refractivity contribution in [3.63, 3.8) is 0 Å². The van der Waals surface area contributed by atoms with Gasteiger partial charge in [0.1, 0.15) is 11.5 Å². The molecule has 2 aliphatic rings. The summed E-state index contributed by atoms with van der Waals surface area (Å²) >= 11 is 0. The van der Waals surface area contributed by atoms with E-state index in [2.05, 4.69) is 26.0 Å². The van der Waals surface area contributed by atoms with E-state index in [1.54, 1.807) is 13.8 Å². The van der Waals surface area contributed by atoms with E-state index in [0.717, 1.165) is 54.7 Å². The van der Waals surface area contributed by atoms with Gasteiger partial charge < -0.3 is 4.74 Å². The largest absolute Gasteiger partial charge is 0.493 e. The van der Waals surface area contributed by atoms with E-state index in [1.807, 2.05) is 0 Å². The van der Waals surface area contributed by atoms with Gasteiger partial charge in [-0.05, 0) is 94.7 Å². The van der Waals surface area contributed by atoms with Crippen molar-refractivity contribution in [3.8, 4) is 5.75 Å². The van der Waals surface area contributed by atoms with Gasteiger partial charge in [0.15, 0.2) is 9.84 Å². The molecule has 0 atom stereocenters. The second-order valence-electron chi connectivity index (χ2n) is 9.49. The third-order valence-electron chi connectivity index (χ3n) is 6.73. The van der Waals surface area contributed by atoms with Gasteiger partial charge in [-0.25, -0.2) is 8.42 Å². The van der Waals surface area contributed by atoms with E-state index in [-0.39, 0.29) is 28.6 Å². The Morgan fingerprint density at radius 1 is 1.03 bits per heavy atom. The predicted molar refractivity (Wildman–Crippen MR) is 117 cm³/mol. The first kappa shape index (κ1) is 22.3. The Labute approximate surface area is 176 Å². The van der Waals surface area contributed by atoms with E-state index in [1.165, 1.54) is 12.8 Å². The van der Waals surface area contributed by atoms with Crippen LogP contribution in [-0.2, 0) is 21.1 Å². The lowest BCUT2D eigenvalue weighted by Gasteiger charge is -2.28. The molecule has 0 heterocycles. The molecule has 0 bridgehead atoms. The van der Waals surface area contributed by atoms with Crippen LogP contribution in [0.25, 0.3) is 0 Å². The first-order chi connectivity index (χ1) is 13.7. The van der Waals surface area contributed by atoms with Gasteiger partial charge in [0.25, 0.3) is 0 Å². The van der Waals surface area contributed by atoms with Crippen LogP contribution >= 0.6 is 0 Å². The molecule has 1 aromatic rings. The number of aryl methyl sites for hydroxylation is 1. The number of carbonyl (C=O) groups is 1. The summed E-state index contributed by atoms with van der Waals surface area (Å²) in [6.07, 6.45) is 6.27. The van der Waals surface area contributed by atoms with Crippen molar-refractivity contribution in [2.45, 2.75) is 77.9 Å². The van der Waals surface area contributed by atoms with Crippen LogP contribution in [0.3, 0.4) is 0 Å². The quantitative estimate of drug-likeness (QED) is 0.574. The van der Waals surface area contributed by atoms with Crippen LogP contribution in [0.2, 0.25) is 0 Å². The van der Waals surface area contributed by atoms with E-state index in [4.69, 9.17) is 4.74 Å². The highest BCUT2D eigenvalue weighted by Gasteiger charge is 2.30. The van der Waals surface area contributed by atoms with E-state index < -0.39 is 9.84 Å². The summed E-state index contributed by atoms with van der Waals surface area (Å²) in [6, 6.07) is 4.12. The van der Waals surface area contributed by atoms with Crippen LogP contribution < -0.4 is 4.74 Å². The molecule has 0 aromatic heterocycles. The van der Waals surface area contributed by atoms with Crippen molar-refractivity contribution in [2.75, 3.05) is 12.4 Å². The van der Waals surface area contributed by atoms with E-state index in [9.17, 15) is 13.2 Å². The Morgan fingerprint density at radius 3 is 2.24 bits per heavy atom. The molecule has 5 heteroatoms. The maximum atomic E-state index is 12.9. The fourth-order valence-electron chi connectivity index (χ4n) is 4.27. The van der Waals surface area contributed by atoms with Crippen LogP contribution in [0.1, 0.15) is 69.1 Å². The van der Waals surface area contributed by atoms with Crippen molar-refractivity contribution < 1.29 is 17.9 Å². The van der Waals surface area contributed by atoms with Gasteiger partial charge in [0, 0.05) is 12.3 Å². The summed E-state index contributed by atoms with van der Waals surface area (Å²) in [5.41, 5.74) is 3.29. The summed E-state index contributed by atoms with van der Waals surface area (Å²) < 4.78 is 30.4. The van der Waals surface area contributed by atoms with Crippen LogP contribution in [0, 0.1) is 31.6 Å². The number of carbonyl (C=O) groups excluding carboxylic acids is 1. The smallest absolute Gasteiger partial charge is 0.152 e. The number of ether oxygens (including phenoxy) is 1. The molecule has 0 saturated heterocycles. The van der Waals surface area contributed by atoms with Gasteiger partial charge in [-0.2, -0.15) is 0 Å². The zero-order valence-electron chi connectivity index (χ0n) is 18.4. The highest BCUT2D eigenvalue weighted by atomic mass is 32.2. The third kappa shape index (κ3) is 5.84. The van der Waals surface area contributed by atoms with Crippen molar-refractivity contribution in [3.05, 3.63) is 28.8 Å². The van der Waals surface area contributed by atoms with E-state index >= 15 is 0 Å². The van der Waals surface area contributed by atoms with Crippen molar-refractivity contribution in [1.82, 2.24) is 0 Å². The third-order valence-corrected chi connectivity index (χ3v) is 9.10. The molecule has 1 aromatic carbocycles. The molecule has 3 rings (SSSR count). The molecule has 0 N–H and O–H groups in total. The van der Waals surface area contributed by atoms with Crippen LogP contribution in [0.15, 0.2) is 12.1 Å². The van der Waals surface area contributed by atoms with Gasteiger partial charge in [-0.3, -0.25) is 4.79 Å². The van der Waals surface area contributed by atoms with Crippen molar-refractivity contribution in [2.24, 2.45) is 17.8 Å². The van der Waals surface area contributed by atoms with E-state index in [0.29, 0.717) is 12.3 Å². The minimum Gasteiger partial charge on any atom is -0.493 e. The Bertz CT molecular complexity index is 829. The second kappa shape index (κ2) is 9.20. The maximum Gasteiger partial charge on any atom is 0.152 e. The summed E-state index contributed by atoms with van der Waals surface area (Å²) in [5, 5.41) is -0.317. The van der Waals surface area contributed by atoms with Gasteiger partial charge in [-0.15, -0.1) is 0 Å². The second-order valence-corrected chi connectivity index (χ2v) is 12.1. The fourth-order valence-corrected chi connectivity index (χ4v) is 5.65. The molecular formula is C24H36O4S. The molecule has 0 unspecified atom stereocenters. The molecule has 0 radical (unpaired) electrons. The number of hydrogen-bond donors (Lipinski definition) is 0. The summed E-state index contributed by atoms with van der Waals surface area (Å²) in [7, 11) is -3.00. The van der Waals surface area contributed by atoms with Gasteiger partial charge in [-0.1, -0.05) is 12.1 Å². The first-order valence-corrected chi connectivity index (χ1v) is 12.8. The molecule has 0 aliphatic heterocycles. The van der Waals surface area contributed by atoms with Crippen LogP contribution in [0.4, 0.5) is 0 Å². The molecule has 4 nitrogen and oxygen atoms in total. The normalized spacial score (nSPS) is 22.7.